The van der Waals surface area contributed by atoms with E-state index >= 15 is 0 Å². The molecule has 2 fully saturated rings. The number of aromatic nitrogens is 2. The van der Waals surface area contributed by atoms with Crippen LogP contribution in [0.25, 0.3) is 16.9 Å². The SMILES string of the molecule is Cc1ccc(-c2nn(-c3ccccc3)cc2C(=O)N2CCN(C(=O)C3CCS(=O)(=O)C3)CC2)cc1. The van der Waals surface area contributed by atoms with Crippen molar-refractivity contribution in [2.75, 3.05) is 37.7 Å². The second-order valence-corrected chi connectivity index (χ2v) is 11.5. The number of rotatable bonds is 4. The Morgan fingerprint density at radius 3 is 2.20 bits per heavy atom. The van der Waals surface area contributed by atoms with E-state index < -0.39 is 15.8 Å². The largest absolute Gasteiger partial charge is 0.339 e. The summed E-state index contributed by atoms with van der Waals surface area (Å²) in [6.07, 6.45) is 2.16. The summed E-state index contributed by atoms with van der Waals surface area (Å²) in [6.45, 7) is 3.60. The number of para-hydroxylation sites is 1. The lowest BCUT2D eigenvalue weighted by Crippen LogP contribution is -2.52. The van der Waals surface area contributed by atoms with E-state index in [1.54, 1.807) is 20.7 Å². The zero-order valence-corrected chi connectivity index (χ0v) is 20.4. The van der Waals surface area contributed by atoms with Crippen LogP contribution in [0, 0.1) is 12.8 Å². The van der Waals surface area contributed by atoms with Crippen molar-refractivity contribution in [3.63, 3.8) is 0 Å². The lowest BCUT2D eigenvalue weighted by atomic mass is 10.0. The van der Waals surface area contributed by atoms with Crippen molar-refractivity contribution in [3.8, 4) is 16.9 Å². The second kappa shape index (κ2) is 9.30. The number of hydrogen-bond acceptors (Lipinski definition) is 5. The fraction of sp³-hybridized carbons (Fsp3) is 0.346. The van der Waals surface area contributed by atoms with Gasteiger partial charge in [-0.2, -0.15) is 5.10 Å². The van der Waals surface area contributed by atoms with Gasteiger partial charge < -0.3 is 9.80 Å². The number of amides is 2. The summed E-state index contributed by atoms with van der Waals surface area (Å²) in [6, 6.07) is 17.6. The number of nitrogens with zero attached hydrogens (tertiary/aromatic N) is 4. The minimum Gasteiger partial charge on any atom is -0.339 e. The van der Waals surface area contributed by atoms with Crippen molar-refractivity contribution in [3.05, 3.63) is 71.9 Å². The van der Waals surface area contributed by atoms with Crippen molar-refractivity contribution >= 4 is 21.7 Å². The zero-order chi connectivity index (χ0) is 24.6. The van der Waals surface area contributed by atoms with E-state index in [-0.39, 0.29) is 23.3 Å². The Labute approximate surface area is 205 Å². The molecule has 0 radical (unpaired) electrons. The Bertz CT molecular complexity index is 1340. The van der Waals surface area contributed by atoms with E-state index in [9.17, 15) is 18.0 Å². The molecule has 182 valence electrons. The van der Waals surface area contributed by atoms with Crippen LogP contribution in [0.4, 0.5) is 0 Å². The first-order valence-corrected chi connectivity index (χ1v) is 13.6. The van der Waals surface area contributed by atoms with Crippen LogP contribution in [-0.4, -0.2) is 77.5 Å². The molecule has 2 aliphatic heterocycles. The Morgan fingerprint density at radius 1 is 0.914 bits per heavy atom. The van der Waals surface area contributed by atoms with Crippen LogP contribution >= 0.6 is 0 Å². The van der Waals surface area contributed by atoms with E-state index in [2.05, 4.69) is 0 Å². The molecule has 0 N–H and O–H groups in total. The normalized spacial score (nSPS) is 19.6. The number of hydrogen-bond donors (Lipinski definition) is 0. The van der Waals surface area contributed by atoms with Crippen molar-refractivity contribution in [2.45, 2.75) is 13.3 Å². The molecule has 1 unspecified atom stereocenters. The quantitative estimate of drug-likeness (QED) is 0.558. The standard InChI is InChI=1S/C26H28N4O4S/c1-19-7-9-20(10-8-19)24-23(17-30(27-24)22-5-3-2-4-6-22)26(32)29-14-12-28(13-15-29)25(31)21-11-16-35(33,34)18-21/h2-10,17,21H,11-16,18H2,1H3. The summed E-state index contributed by atoms with van der Waals surface area (Å²) >= 11 is 0. The monoisotopic (exact) mass is 492 g/mol. The molecule has 2 saturated heterocycles. The van der Waals surface area contributed by atoms with E-state index in [0.29, 0.717) is 43.9 Å². The lowest BCUT2D eigenvalue weighted by Gasteiger charge is -2.35. The Hall–Kier alpha value is -3.46. The Balaban J connectivity index is 1.36. The van der Waals surface area contributed by atoms with E-state index in [0.717, 1.165) is 16.8 Å². The molecule has 1 atom stereocenters. The minimum absolute atomic E-state index is 0.0659. The highest BCUT2D eigenvalue weighted by atomic mass is 32.2. The third-order valence-corrected chi connectivity index (χ3v) is 8.52. The molecule has 3 heterocycles. The maximum absolute atomic E-state index is 13.6. The van der Waals surface area contributed by atoms with Crippen LogP contribution < -0.4 is 0 Å². The smallest absolute Gasteiger partial charge is 0.257 e. The highest BCUT2D eigenvalue weighted by Crippen LogP contribution is 2.27. The number of aryl methyl sites for hydroxylation is 1. The highest BCUT2D eigenvalue weighted by molar-refractivity contribution is 7.91. The van der Waals surface area contributed by atoms with Gasteiger partial charge in [-0.05, 0) is 25.5 Å². The van der Waals surface area contributed by atoms with Crippen molar-refractivity contribution in [1.29, 1.82) is 0 Å². The third kappa shape index (κ3) is 4.86. The molecule has 0 aliphatic carbocycles. The van der Waals surface area contributed by atoms with Crippen LogP contribution in [0.3, 0.4) is 0 Å². The molecule has 2 amide bonds. The summed E-state index contributed by atoms with van der Waals surface area (Å²) in [5.74, 6) is -0.688. The van der Waals surface area contributed by atoms with Gasteiger partial charge in [0.15, 0.2) is 9.84 Å². The topological polar surface area (TPSA) is 92.6 Å². The fourth-order valence-corrected chi connectivity index (χ4v) is 6.45. The van der Waals surface area contributed by atoms with Crippen molar-refractivity contribution in [2.24, 2.45) is 5.92 Å². The van der Waals surface area contributed by atoms with Gasteiger partial charge in [0.2, 0.25) is 5.91 Å². The predicted octanol–water partition coefficient (Wildman–Crippen LogP) is 2.57. The summed E-state index contributed by atoms with van der Waals surface area (Å²) in [4.78, 5) is 29.9. The number of sulfone groups is 1. The maximum Gasteiger partial charge on any atom is 0.257 e. The fourth-order valence-electron chi connectivity index (χ4n) is 4.72. The molecule has 0 spiro atoms. The Morgan fingerprint density at radius 2 is 1.57 bits per heavy atom. The summed E-state index contributed by atoms with van der Waals surface area (Å²) in [7, 11) is -3.12. The molecular formula is C26H28N4O4S. The van der Waals surface area contributed by atoms with E-state index in [1.165, 1.54) is 0 Å². The van der Waals surface area contributed by atoms with Crippen LogP contribution in [0.5, 0.6) is 0 Å². The van der Waals surface area contributed by atoms with Crippen molar-refractivity contribution < 1.29 is 18.0 Å². The third-order valence-electron chi connectivity index (χ3n) is 6.75. The van der Waals surface area contributed by atoms with Gasteiger partial charge in [-0.3, -0.25) is 9.59 Å². The van der Waals surface area contributed by atoms with Gasteiger partial charge >= 0.3 is 0 Å². The van der Waals surface area contributed by atoms with Gasteiger partial charge in [0, 0.05) is 37.9 Å². The van der Waals surface area contributed by atoms with Crippen LogP contribution in [0.1, 0.15) is 22.3 Å². The minimum atomic E-state index is -3.12. The number of benzene rings is 2. The lowest BCUT2D eigenvalue weighted by molar-refractivity contribution is -0.136. The summed E-state index contributed by atoms with van der Waals surface area (Å²) < 4.78 is 25.3. The van der Waals surface area contributed by atoms with Crippen LogP contribution in [0.15, 0.2) is 60.8 Å². The average molecular weight is 493 g/mol. The maximum atomic E-state index is 13.6. The van der Waals surface area contributed by atoms with E-state index in [4.69, 9.17) is 5.10 Å². The molecule has 1 aromatic heterocycles. The van der Waals surface area contributed by atoms with Gasteiger partial charge in [0.25, 0.3) is 5.91 Å². The molecule has 9 heteroatoms. The zero-order valence-electron chi connectivity index (χ0n) is 19.6. The first-order chi connectivity index (χ1) is 16.8. The molecule has 2 aromatic carbocycles. The predicted molar refractivity (Wildman–Crippen MR) is 133 cm³/mol. The van der Waals surface area contributed by atoms with E-state index in [1.807, 2.05) is 61.5 Å². The number of piperazine rings is 1. The van der Waals surface area contributed by atoms with Gasteiger partial charge in [-0.25, -0.2) is 13.1 Å². The first-order valence-electron chi connectivity index (χ1n) is 11.8. The van der Waals surface area contributed by atoms with Gasteiger partial charge in [-0.1, -0.05) is 48.0 Å². The molecule has 5 rings (SSSR count). The summed E-state index contributed by atoms with van der Waals surface area (Å²) in [5.41, 5.74) is 3.99. The molecule has 8 nitrogen and oxygen atoms in total. The number of carbonyl (C=O) groups is 2. The summed E-state index contributed by atoms with van der Waals surface area (Å²) in [5, 5.41) is 4.75. The molecule has 0 bridgehead atoms. The van der Waals surface area contributed by atoms with Gasteiger partial charge in [0.1, 0.15) is 5.69 Å². The first kappa shape index (κ1) is 23.3. The van der Waals surface area contributed by atoms with Gasteiger partial charge in [-0.15, -0.1) is 0 Å². The molecule has 35 heavy (non-hydrogen) atoms. The number of carbonyl (C=O) groups excluding carboxylic acids is 2. The molecule has 3 aromatic rings. The Kier molecular flexibility index (Phi) is 6.19. The van der Waals surface area contributed by atoms with Crippen LogP contribution in [-0.2, 0) is 14.6 Å². The molecule has 0 saturated carbocycles. The highest BCUT2D eigenvalue weighted by Gasteiger charge is 2.37. The molecule has 2 aliphatic rings. The molecular weight excluding hydrogens is 464 g/mol. The van der Waals surface area contributed by atoms with Crippen molar-refractivity contribution in [1.82, 2.24) is 19.6 Å². The van der Waals surface area contributed by atoms with Crippen LogP contribution in [0.2, 0.25) is 0 Å². The average Bonchev–Trinajstić information content (AvgIpc) is 3.48. The van der Waals surface area contributed by atoms with Gasteiger partial charge in [0.05, 0.1) is 28.7 Å². The second-order valence-electron chi connectivity index (χ2n) is 9.25.